The molecule has 0 bridgehead atoms. The van der Waals surface area contributed by atoms with E-state index in [0.29, 0.717) is 6.54 Å². The first-order valence-corrected chi connectivity index (χ1v) is 6.85. The van der Waals surface area contributed by atoms with Crippen LogP contribution in [0.5, 0.6) is 0 Å². The second-order valence-electron chi connectivity index (χ2n) is 5.03. The summed E-state index contributed by atoms with van der Waals surface area (Å²) in [5, 5.41) is 15.0. The van der Waals surface area contributed by atoms with Crippen molar-refractivity contribution >= 4 is 27.5 Å². The lowest BCUT2D eigenvalue weighted by atomic mass is 10.1. The molecule has 2 aromatic carbocycles. The molecule has 0 radical (unpaired) electrons. The Labute approximate surface area is 117 Å². The molecule has 0 saturated carbocycles. The van der Waals surface area contributed by atoms with Gasteiger partial charge < -0.3 is 20.7 Å². The maximum Gasteiger partial charge on any atom is 0.0714 e. The van der Waals surface area contributed by atoms with Crippen molar-refractivity contribution in [3.05, 3.63) is 42.5 Å². The Bertz CT molecular complexity index is 746. The highest BCUT2D eigenvalue weighted by molar-refractivity contribution is 6.14. The fourth-order valence-corrected chi connectivity index (χ4v) is 2.80. The number of benzene rings is 2. The number of fused-ring (bicyclic) bond motifs is 3. The molecule has 4 heteroatoms. The molecule has 0 aliphatic heterocycles. The minimum absolute atomic E-state index is 0.111. The molecule has 0 aliphatic carbocycles. The number of rotatable bonds is 4. The van der Waals surface area contributed by atoms with E-state index in [1.807, 2.05) is 31.2 Å². The van der Waals surface area contributed by atoms with E-state index in [4.69, 9.17) is 5.73 Å². The van der Waals surface area contributed by atoms with Crippen molar-refractivity contribution in [3.8, 4) is 0 Å². The molecule has 1 atom stereocenters. The fourth-order valence-electron chi connectivity index (χ4n) is 2.80. The summed E-state index contributed by atoms with van der Waals surface area (Å²) in [6, 6.07) is 14.4. The Kier molecular flexibility index (Phi) is 3.34. The molecule has 1 unspecified atom stereocenters. The first-order valence-electron chi connectivity index (χ1n) is 6.85. The summed E-state index contributed by atoms with van der Waals surface area (Å²) in [5.74, 6) is 0. The van der Waals surface area contributed by atoms with Gasteiger partial charge in [0.15, 0.2) is 0 Å². The Hall–Kier alpha value is -2.04. The molecular weight excluding hydrogens is 250 g/mol. The van der Waals surface area contributed by atoms with Gasteiger partial charge in [-0.05, 0) is 25.1 Å². The van der Waals surface area contributed by atoms with E-state index >= 15 is 0 Å². The predicted octanol–water partition coefficient (Wildman–Crippen LogP) is 2.50. The van der Waals surface area contributed by atoms with Gasteiger partial charge >= 0.3 is 0 Å². The minimum Gasteiger partial charge on any atom is -0.395 e. The molecule has 0 aliphatic rings. The van der Waals surface area contributed by atoms with Crippen LogP contribution >= 0.6 is 0 Å². The highest BCUT2D eigenvalue weighted by Gasteiger charge is 2.13. The van der Waals surface area contributed by atoms with Gasteiger partial charge in [-0.25, -0.2) is 0 Å². The van der Waals surface area contributed by atoms with Gasteiger partial charge in [0.25, 0.3) is 0 Å². The lowest BCUT2D eigenvalue weighted by molar-refractivity contribution is 0.280. The van der Waals surface area contributed by atoms with Crippen LogP contribution in [-0.2, 0) is 6.54 Å². The zero-order chi connectivity index (χ0) is 14.1. The number of hydrogen-bond donors (Lipinski definition) is 3. The Morgan fingerprint density at radius 2 is 1.90 bits per heavy atom. The second-order valence-corrected chi connectivity index (χ2v) is 5.03. The van der Waals surface area contributed by atoms with E-state index in [9.17, 15) is 5.11 Å². The monoisotopic (exact) mass is 269 g/mol. The smallest absolute Gasteiger partial charge is 0.0714 e. The van der Waals surface area contributed by atoms with Gasteiger partial charge in [0.05, 0.1) is 18.3 Å². The molecule has 0 saturated heterocycles. The van der Waals surface area contributed by atoms with Crippen LogP contribution in [0.3, 0.4) is 0 Å². The van der Waals surface area contributed by atoms with Crippen molar-refractivity contribution in [1.82, 2.24) is 4.57 Å². The van der Waals surface area contributed by atoms with Crippen molar-refractivity contribution < 1.29 is 5.11 Å². The largest absolute Gasteiger partial charge is 0.395 e. The molecule has 0 fully saturated rings. The van der Waals surface area contributed by atoms with Gasteiger partial charge in [-0.1, -0.05) is 24.3 Å². The summed E-state index contributed by atoms with van der Waals surface area (Å²) in [5.41, 5.74) is 9.15. The second kappa shape index (κ2) is 5.15. The fraction of sp³-hybridized carbons (Fsp3) is 0.250. The van der Waals surface area contributed by atoms with Crippen LogP contribution in [0.25, 0.3) is 21.8 Å². The van der Waals surface area contributed by atoms with Gasteiger partial charge in [0, 0.05) is 28.5 Å². The minimum atomic E-state index is -0.111. The molecule has 104 valence electrons. The van der Waals surface area contributed by atoms with Crippen LogP contribution in [0, 0.1) is 0 Å². The van der Waals surface area contributed by atoms with Crippen LogP contribution in [0.15, 0.2) is 42.5 Å². The van der Waals surface area contributed by atoms with Gasteiger partial charge in [-0.15, -0.1) is 0 Å². The summed E-state index contributed by atoms with van der Waals surface area (Å²) >= 11 is 0. The zero-order valence-electron chi connectivity index (χ0n) is 11.5. The van der Waals surface area contributed by atoms with Crippen LogP contribution in [-0.4, -0.2) is 22.4 Å². The number of aliphatic hydroxyl groups excluding tert-OH is 1. The number of anilines is 1. The average molecular weight is 269 g/mol. The first-order chi connectivity index (χ1) is 9.72. The summed E-state index contributed by atoms with van der Waals surface area (Å²) in [6.45, 7) is 2.64. The predicted molar refractivity (Wildman–Crippen MR) is 83.8 cm³/mol. The van der Waals surface area contributed by atoms with Crippen LogP contribution in [0.1, 0.15) is 6.92 Å². The average Bonchev–Trinajstić information content (AvgIpc) is 2.75. The molecular formula is C16H19N3O. The van der Waals surface area contributed by atoms with Crippen molar-refractivity contribution in [3.63, 3.8) is 0 Å². The van der Waals surface area contributed by atoms with Crippen LogP contribution < -0.4 is 11.1 Å². The highest BCUT2D eigenvalue weighted by atomic mass is 16.3. The number of aliphatic hydroxyl groups is 1. The first kappa shape index (κ1) is 13.0. The summed E-state index contributed by atoms with van der Waals surface area (Å²) in [6.07, 6.45) is -0.111. The topological polar surface area (TPSA) is 63.2 Å². The lowest BCUT2D eigenvalue weighted by Gasteiger charge is -2.12. The quantitative estimate of drug-likeness (QED) is 0.638. The van der Waals surface area contributed by atoms with E-state index in [2.05, 4.69) is 28.1 Å². The lowest BCUT2D eigenvalue weighted by Crippen LogP contribution is -2.25. The molecule has 1 aromatic heterocycles. The van der Waals surface area contributed by atoms with Gasteiger partial charge in [0.1, 0.15) is 0 Å². The SMILES string of the molecule is CC(N)Nc1cccc2c1c1ccccc1n2CCO. The standard InChI is InChI=1S/C16H19N3O/c1-11(17)18-13-6-4-8-15-16(13)12-5-2-3-7-14(12)19(15)9-10-20/h2-8,11,18,20H,9-10,17H2,1H3. The van der Waals surface area contributed by atoms with E-state index in [1.165, 1.54) is 5.39 Å². The Morgan fingerprint density at radius 3 is 2.65 bits per heavy atom. The maximum absolute atomic E-state index is 9.32. The van der Waals surface area contributed by atoms with Crippen molar-refractivity contribution in [2.75, 3.05) is 11.9 Å². The number of nitrogens with zero attached hydrogens (tertiary/aromatic N) is 1. The van der Waals surface area contributed by atoms with Gasteiger partial charge in [-0.2, -0.15) is 0 Å². The van der Waals surface area contributed by atoms with Crippen molar-refractivity contribution in [1.29, 1.82) is 0 Å². The normalized spacial score (nSPS) is 12.9. The molecule has 4 N–H and O–H groups in total. The molecule has 3 rings (SSSR count). The molecule has 0 amide bonds. The number of nitrogens with one attached hydrogen (secondary N) is 1. The van der Waals surface area contributed by atoms with Gasteiger partial charge in [0.2, 0.25) is 0 Å². The Balaban J connectivity index is 2.37. The molecule has 3 aromatic rings. The molecule has 1 heterocycles. The van der Waals surface area contributed by atoms with E-state index < -0.39 is 0 Å². The molecule has 20 heavy (non-hydrogen) atoms. The third kappa shape index (κ3) is 2.03. The molecule has 4 nitrogen and oxygen atoms in total. The summed E-state index contributed by atoms with van der Waals surface area (Å²) in [7, 11) is 0. The maximum atomic E-state index is 9.32. The van der Waals surface area contributed by atoms with Crippen LogP contribution in [0.2, 0.25) is 0 Å². The number of hydrogen-bond acceptors (Lipinski definition) is 3. The van der Waals surface area contributed by atoms with E-state index in [-0.39, 0.29) is 12.8 Å². The van der Waals surface area contributed by atoms with Crippen LogP contribution in [0.4, 0.5) is 5.69 Å². The van der Waals surface area contributed by atoms with E-state index in [1.54, 1.807) is 0 Å². The van der Waals surface area contributed by atoms with E-state index in [0.717, 1.165) is 22.1 Å². The van der Waals surface area contributed by atoms with Gasteiger partial charge in [-0.3, -0.25) is 0 Å². The van der Waals surface area contributed by atoms with Crippen molar-refractivity contribution in [2.45, 2.75) is 19.6 Å². The highest BCUT2D eigenvalue weighted by Crippen LogP contribution is 2.34. The number of para-hydroxylation sites is 1. The molecule has 0 spiro atoms. The number of nitrogens with two attached hydrogens (primary N) is 1. The summed E-state index contributed by atoms with van der Waals surface area (Å²) in [4.78, 5) is 0. The number of aromatic nitrogens is 1. The van der Waals surface area contributed by atoms with Crippen molar-refractivity contribution in [2.24, 2.45) is 5.73 Å². The zero-order valence-corrected chi connectivity index (χ0v) is 11.5. The third-order valence-electron chi connectivity index (χ3n) is 3.50. The summed E-state index contributed by atoms with van der Waals surface area (Å²) < 4.78 is 2.15. The third-order valence-corrected chi connectivity index (χ3v) is 3.50. The Morgan fingerprint density at radius 1 is 1.15 bits per heavy atom.